The molecule has 0 aromatic carbocycles. The number of hydrogen-bond donors (Lipinski definition) is 1. The Kier molecular flexibility index (Phi) is 3.97. The van der Waals surface area contributed by atoms with Crippen LogP contribution in [-0.4, -0.2) is 11.5 Å². The maximum Gasteiger partial charge on any atom is 0.208 e. The SMILES string of the molecule is Cc1ccsc1-c1cnc(CNCC(C)C)o1. The van der Waals surface area contributed by atoms with E-state index in [9.17, 15) is 0 Å². The average molecular weight is 250 g/mol. The molecule has 2 aromatic heterocycles. The molecule has 2 aromatic rings. The summed E-state index contributed by atoms with van der Waals surface area (Å²) in [6, 6.07) is 2.10. The number of hydrogen-bond acceptors (Lipinski definition) is 4. The van der Waals surface area contributed by atoms with Crippen LogP contribution in [0.2, 0.25) is 0 Å². The molecule has 2 rings (SSSR count). The van der Waals surface area contributed by atoms with E-state index >= 15 is 0 Å². The standard InChI is InChI=1S/C13H18N2OS/c1-9(2)6-14-8-12-15-7-11(16-12)13-10(3)4-5-17-13/h4-5,7,9,14H,6,8H2,1-3H3. The van der Waals surface area contributed by atoms with Gasteiger partial charge in [0.25, 0.3) is 0 Å². The van der Waals surface area contributed by atoms with Crippen molar-refractivity contribution in [2.75, 3.05) is 6.54 Å². The lowest BCUT2D eigenvalue weighted by Gasteiger charge is -2.04. The van der Waals surface area contributed by atoms with E-state index in [1.54, 1.807) is 11.3 Å². The van der Waals surface area contributed by atoms with Crippen LogP contribution in [0, 0.1) is 12.8 Å². The van der Waals surface area contributed by atoms with Crippen LogP contribution in [0.4, 0.5) is 0 Å². The summed E-state index contributed by atoms with van der Waals surface area (Å²) in [5, 5.41) is 5.39. The summed E-state index contributed by atoms with van der Waals surface area (Å²) in [5.74, 6) is 2.27. The molecule has 0 unspecified atom stereocenters. The molecule has 0 bridgehead atoms. The average Bonchev–Trinajstić information content (AvgIpc) is 2.86. The van der Waals surface area contributed by atoms with Crippen molar-refractivity contribution < 1.29 is 4.42 Å². The zero-order valence-corrected chi connectivity index (χ0v) is 11.3. The minimum atomic E-state index is 0.643. The van der Waals surface area contributed by atoms with E-state index in [4.69, 9.17) is 4.42 Å². The summed E-state index contributed by atoms with van der Waals surface area (Å²) in [5.41, 5.74) is 1.24. The molecule has 0 amide bonds. The van der Waals surface area contributed by atoms with Crippen molar-refractivity contribution in [2.24, 2.45) is 5.92 Å². The van der Waals surface area contributed by atoms with E-state index in [1.807, 2.05) is 6.20 Å². The minimum Gasteiger partial charge on any atom is -0.438 e. The van der Waals surface area contributed by atoms with Gasteiger partial charge in [0.05, 0.1) is 17.6 Å². The summed E-state index contributed by atoms with van der Waals surface area (Å²) >= 11 is 1.69. The molecular weight excluding hydrogens is 232 g/mol. The highest BCUT2D eigenvalue weighted by molar-refractivity contribution is 7.13. The van der Waals surface area contributed by atoms with Crippen molar-refractivity contribution in [1.29, 1.82) is 0 Å². The van der Waals surface area contributed by atoms with Gasteiger partial charge in [0.2, 0.25) is 5.89 Å². The molecule has 92 valence electrons. The zero-order chi connectivity index (χ0) is 12.3. The number of oxazole rings is 1. The number of nitrogens with zero attached hydrogens (tertiary/aromatic N) is 1. The van der Waals surface area contributed by atoms with E-state index in [0.717, 1.165) is 18.2 Å². The summed E-state index contributed by atoms with van der Waals surface area (Å²) in [7, 11) is 0. The Labute approximate surface area is 106 Å². The lowest BCUT2D eigenvalue weighted by molar-refractivity contribution is 0.459. The molecule has 0 atom stereocenters. The van der Waals surface area contributed by atoms with Crippen molar-refractivity contribution in [2.45, 2.75) is 27.3 Å². The Morgan fingerprint density at radius 3 is 2.94 bits per heavy atom. The summed E-state index contributed by atoms with van der Waals surface area (Å²) in [6.45, 7) is 8.13. The first-order valence-corrected chi connectivity index (χ1v) is 6.74. The predicted octanol–water partition coefficient (Wildman–Crippen LogP) is 3.46. The maximum atomic E-state index is 5.73. The minimum absolute atomic E-state index is 0.643. The van der Waals surface area contributed by atoms with Gasteiger partial charge in [-0.3, -0.25) is 0 Å². The summed E-state index contributed by atoms with van der Waals surface area (Å²) in [4.78, 5) is 5.46. The Morgan fingerprint density at radius 2 is 2.29 bits per heavy atom. The fraction of sp³-hybridized carbons (Fsp3) is 0.462. The molecule has 4 heteroatoms. The van der Waals surface area contributed by atoms with Crippen molar-refractivity contribution in [3.05, 3.63) is 29.1 Å². The van der Waals surface area contributed by atoms with Gasteiger partial charge < -0.3 is 9.73 Å². The highest BCUT2D eigenvalue weighted by atomic mass is 32.1. The predicted molar refractivity (Wildman–Crippen MR) is 71.1 cm³/mol. The Hall–Kier alpha value is -1.13. The first-order valence-electron chi connectivity index (χ1n) is 5.86. The van der Waals surface area contributed by atoms with Gasteiger partial charge in [-0.25, -0.2) is 4.98 Å². The number of aromatic nitrogens is 1. The van der Waals surface area contributed by atoms with Crippen LogP contribution in [0.3, 0.4) is 0 Å². The van der Waals surface area contributed by atoms with E-state index in [0.29, 0.717) is 12.5 Å². The fourth-order valence-corrected chi connectivity index (χ4v) is 2.46. The van der Waals surface area contributed by atoms with Gasteiger partial charge in [0, 0.05) is 0 Å². The molecule has 0 saturated heterocycles. The summed E-state index contributed by atoms with van der Waals surface area (Å²) < 4.78 is 5.73. The van der Waals surface area contributed by atoms with Crippen LogP contribution >= 0.6 is 11.3 Å². The maximum absolute atomic E-state index is 5.73. The van der Waals surface area contributed by atoms with Gasteiger partial charge in [-0.1, -0.05) is 13.8 Å². The molecule has 0 aliphatic carbocycles. The Morgan fingerprint density at radius 1 is 1.47 bits per heavy atom. The van der Waals surface area contributed by atoms with Crippen LogP contribution in [0.5, 0.6) is 0 Å². The Bertz CT molecular complexity index is 473. The van der Waals surface area contributed by atoms with Gasteiger partial charge in [-0.2, -0.15) is 0 Å². The molecule has 0 fully saturated rings. The summed E-state index contributed by atoms with van der Waals surface area (Å²) in [6.07, 6.45) is 1.81. The third kappa shape index (κ3) is 3.17. The molecule has 3 nitrogen and oxygen atoms in total. The highest BCUT2D eigenvalue weighted by Gasteiger charge is 2.09. The van der Waals surface area contributed by atoms with Gasteiger partial charge >= 0.3 is 0 Å². The van der Waals surface area contributed by atoms with Crippen molar-refractivity contribution in [1.82, 2.24) is 10.3 Å². The number of rotatable bonds is 5. The van der Waals surface area contributed by atoms with Crippen LogP contribution in [-0.2, 0) is 6.54 Å². The third-order valence-corrected chi connectivity index (χ3v) is 3.50. The van der Waals surface area contributed by atoms with Gasteiger partial charge in [0.1, 0.15) is 0 Å². The molecule has 0 saturated carbocycles. The lowest BCUT2D eigenvalue weighted by Crippen LogP contribution is -2.18. The van der Waals surface area contributed by atoms with E-state index < -0.39 is 0 Å². The van der Waals surface area contributed by atoms with Crippen molar-refractivity contribution in [3.63, 3.8) is 0 Å². The monoisotopic (exact) mass is 250 g/mol. The number of nitrogens with one attached hydrogen (secondary N) is 1. The quantitative estimate of drug-likeness (QED) is 0.883. The molecule has 17 heavy (non-hydrogen) atoms. The lowest BCUT2D eigenvalue weighted by atomic mass is 10.2. The molecule has 1 N–H and O–H groups in total. The second-order valence-corrected chi connectivity index (χ2v) is 5.49. The van der Waals surface area contributed by atoms with Crippen LogP contribution in [0.25, 0.3) is 10.6 Å². The molecule has 0 radical (unpaired) electrons. The largest absolute Gasteiger partial charge is 0.438 e. The topological polar surface area (TPSA) is 38.1 Å². The van der Waals surface area contributed by atoms with Crippen LogP contribution < -0.4 is 5.32 Å². The van der Waals surface area contributed by atoms with E-state index in [-0.39, 0.29) is 0 Å². The fourth-order valence-electron chi connectivity index (χ4n) is 1.59. The third-order valence-electron chi connectivity index (χ3n) is 2.47. The van der Waals surface area contributed by atoms with Crippen molar-refractivity contribution >= 4 is 11.3 Å². The number of thiophene rings is 1. The number of aryl methyl sites for hydroxylation is 1. The van der Waals surface area contributed by atoms with E-state index in [1.165, 1.54) is 10.4 Å². The first-order chi connectivity index (χ1) is 8.16. The Balaban J connectivity index is 1.99. The van der Waals surface area contributed by atoms with Gasteiger partial charge in [-0.15, -0.1) is 11.3 Å². The molecule has 0 spiro atoms. The molecule has 2 heterocycles. The molecular formula is C13H18N2OS. The van der Waals surface area contributed by atoms with Crippen LogP contribution in [0.1, 0.15) is 25.3 Å². The highest BCUT2D eigenvalue weighted by Crippen LogP contribution is 2.29. The first kappa shape index (κ1) is 12.3. The van der Waals surface area contributed by atoms with Gasteiger partial charge in [-0.05, 0) is 36.4 Å². The smallest absolute Gasteiger partial charge is 0.208 e. The van der Waals surface area contributed by atoms with Crippen LogP contribution in [0.15, 0.2) is 22.1 Å². The second kappa shape index (κ2) is 5.47. The normalized spacial score (nSPS) is 11.3. The molecule has 0 aliphatic heterocycles. The van der Waals surface area contributed by atoms with Gasteiger partial charge in [0.15, 0.2) is 5.76 Å². The van der Waals surface area contributed by atoms with Crippen molar-refractivity contribution in [3.8, 4) is 10.6 Å². The zero-order valence-electron chi connectivity index (χ0n) is 10.5. The molecule has 0 aliphatic rings. The second-order valence-electron chi connectivity index (χ2n) is 4.58. The van der Waals surface area contributed by atoms with E-state index in [2.05, 4.69) is 42.5 Å².